The largest absolute Gasteiger partial charge is 0.378 e. The summed E-state index contributed by atoms with van der Waals surface area (Å²) in [6.45, 7) is 0. The highest BCUT2D eigenvalue weighted by Gasteiger charge is 1.94. The van der Waals surface area contributed by atoms with Crippen molar-refractivity contribution >= 4 is 21.6 Å². The van der Waals surface area contributed by atoms with Crippen LogP contribution in [0.4, 0.5) is 5.69 Å². The average molecular weight is 214 g/mol. The molecular formula is C9H12BrN. The van der Waals surface area contributed by atoms with Gasteiger partial charge in [-0.1, -0.05) is 28.1 Å². The van der Waals surface area contributed by atoms with Gasteiger partial charge < -0.3 is 4.90 Å². The van der Waals surface area contributed by atoms with E-state index in [2.05, 4.69) is 45.1 Å². The molecule has 0 aliphatic heterocycles. The smallest absolute Gasteiger partial charge is 0.0364 e. The molecule has 0 N–H and O–H groups in total. The SMILES string of the molecule is CN(C)c1cccc(CBr)c1. The van der Waals surface area contributed by atoms with E-state index >= 15 is 0 Å². The molecule has 1 rings (SSSR count). The molecule has 0 saturated heterocycles. The van der Waals surface area contributed by atoms with Crippen LogP contribution >= 0.6 is 15.9 Å². The van der Waals surface area contributed by atoms with E-state index in [1.165, 1.54) is 11.3 Å². The molecule has 0 aliphatic carbocycles. The molecule has 11 heavy (non-hydrogen) atoms. The quantitative estimate of drug-likeness (QED) is 0.684. The molecule has 1 aromatic rings. The summed E-state index contributed by atoms with van der Waals surface area (Å²) in [5.74, 6) is 0. The van der Waals surface area contributed by atoms with Gasteiger partial charge in [-0.05, 0) is 17.7 Å². The van der Waals surface area contributed by atoms with Gasteiger partial charge in [-0.25, -0.2) is 0 Å². The fourth-order valence-corrected chi connectivity index (χ4v) is 1.27. The van der Waals surface area contributed by atoms with Gasteiger partial charge in [-0.2, -0.15) is 0 Å². The molecule has 0 aliphatic rings. The van der Waals surface area contributed by atoms with Crippen molar-refractivity contribution in [2.75, 3.05) is 19.0 Å². The summed E-state index contributed by atoms with van der Waals surface area (Å²) in [6, 6.07) is 8.47. The van der Waals surface area contributed by atoms with Crippen LogP contribution in [0.2, 0.25) is 0 Å². The minimum absolute atomic E-state index is 0.925. The van der Waals surface area contributed by atoms with E-state index in [0.29, 0.717) is 0 Å². The van der Waals surface area contributed by atoms with E-state index < -0.39 is 0 Å². The third-order valence-corrected chi connectivity index (χ3v) is 2.23. The maximum atomic E-state index is 3.42. The Morgan fingerprint density at radius 2 is 2.09 bits per heavy atom. The molecule has 0 aromatic heterocycles. The molecule has 0 spiro atoms. The topological polar surface area (TPSA) is 3.24 Å². The normalized spacial score (nSPS) is 9.73. The number of anilines is 1. The Balaban J connectivity index is 2.91. The van der Waals surface area contributed by atoms with E-state index in [4.69, 9.17) is 0 Å². The number of alkyl halides is 1. The zero-order chi connectivity index (χ0) is 8.27. The van der Waals surface area contributed by atoms with E-state index in [1.807, 2.05) is 14.1 Å². The first-order valence-corrected chi connectivity index (χ1v) is 4.68. The molecule has 0 amide bonds. The van der Waals surface area contributed by atoms with Crippen LogP contribution in [-0.4, -0.2) is 14.1 Å². The molecule has 0 saturated carbocycles. The van der Waals surface area contributed by atoms with Gasteiger partial charge in [0.05, 0.1) is 0 Å². The predicted molar refractivity (Wildman–Crippen MR) is 53.4 cm³/mol. The Hall–Kier alpha value is -0.500. The summed E-state index contributed by atoms with van der Waals surface area (Å²) in [7, 11) is 4.10. The lowest BCUT2D eigenvalue weighted by atomic mass is 10.2. The lowest BCUT2D eigenvalue weighted by Crippen LogP contribution is -2.08. The van der Waals surface area contributed by atoms with Crippen LogP contribution in [0, 0.1) is 0 Å². The summed E-state index contributed by atoms with van der Waals surface area (Å²) in [6.07, 6.45) is 0. The molecule has 0 fully saturated rings. The van der Waals surface area contributed by atoms with Crippen LogP contribution in [0.1, 0.15) is 5.56 Å². The Morgan fingerprint density at radius 3 is 2.64 bits per heavy atom. The van der Waals surface area contributed by atoms with Crippen LogP contribution in [0.25, 0.3) is 0 Å². The Morgan fingerprint density at radius 1 is 1.36 bits per heavy atom. The summed E-state index contributed by atoms with van der Waals surface area (Å²) >= 11 is 3.42. The summed E-state index contributed by atoms with van der Waals surface area (Å²) in [5, 5.41) is 0.925. The van der Waals surface area contributed by atoms with Crippen molar-refractivity contribution in [2.24, 2.45) is 0 Å². The fraction of sp³-hybridized carbons (Fsp3) is 0.333. The van der Waals surface area contributed by atoms with Gasteiger partial charge in [0.25, 0.3) is 0 Å². The zero-order valence-corrected chi connectivity index (χ0v) is 8.43. The lowest BCUT2D eigenvalue weighted by molar-refractivity contribution is 1.13. The van der Waals surface area contributed by atoms with Gasteiger partial charge >= 0.3 is 0 Å². The van der Waals surface area contributed by atoms with Crippen molar-refractivity contribution in [3.05, 3.63) is 29.8 Å². The van der Waals surface area contributed by atoms with Crippen LogP contribution in [0.3, 0.4) is 0 Å². The molecular weight excluding hydrogens is 202 g/mol. The van der Waals surface area contributed by atoms with Gasteiger partial charge in [0, 0.05) is 25.1 Å². The van der Waals surface area contributed by atoms with Crippen molar-refractivity contribution < 1.29 is 0 Å². The molecule has 1 aromatic carbocycles. The first kappa shape index (κ1) is 8.60. The average Bonchev–Trinajstić information content (AvgIpc) is 2.05. The fourth-order valence-electron chi connectivity index (χ4n) is 0.918. The van der Waals surface area contributed by atoms with Gasteiger partial charge in [0.1, 0.15) is 0 Å². The third kappa shape index (κ3) is 2.22. The van der Waals surface area contributed by atoms with Crippen molar-refractivity contribution in [3.63, 3.8) is 0 Å². The van der Waals surface area contributed by atoms with E-state index in [1.54, 1.807) is 0 Å². The minimum Gasteiger partial charge on any atom is -0.378 e. The number of nitrogens with zero attached hydrogens (tertiary/aromatic N) is 1. The number of hydrogen-bond donors (Lipinski definition) is 0. The van der Waals surface area contributed by atoms with E-state index in [0.717, 1.165) is 5.33 Å². The van der Waals surface area contributed by atoms with Crippen molar-refractivity contribution in [3.8, 4) is 0 Å². The van der Waals surface area contributed by atoms with Gasteiger partial charge in [0.15, 0.2) is 0 Å². The highest BCUT2D eigenvalue weighted by atomic mass is 79.9. The zero-order valence-electron chi connectivity index (χ0n) is 6.84. The van der Waals surface area contributed by atoms with E-state index in [9.17, 15) is 0 Å². The molecule has 1 nitrogen and oxygen atoms in total. The van der Waals surface area contributed by atoms with Gasteiger partial charge in [-0.3, -0.25) is 0 Å². The minimum atomic E-state index is 0.925. The first-order chi connectivity index (χ1) is 5.24. The van der Waals surface area contributed by atoms with Crippen LogP contribution in [0.15, 0.2) is 24.3 Å². The molecule has 0 radical (unpaired) electrons. The highest BCUT2D eigenvalue weighted by Crippen LogP contribution is 2.14. The molecule has 0 unspecified atom stereocenters. The Labute approximate surface area is 76.2 Å². The van der Waals surface area contributed by atoms with Crippen LogP contribution < -0.4 is 4.90 Å². The van der Waals surface area contributed by atoms with Crippen molar-refractivity contribution in [2.45, 2.75) is 5.33 Å². The van der Waals surface area contributed by atoms with Crippen molar-refractivity contribution in [1.29, 1.82) is 0 Å². The Kier molecular flexibility index (Phi) is 2.94. The second-order valence-electron chi connectivity index (χ2n) is 2.70. The first-order valence-electron chi connectivity index (χ1n) is 3.56. The summed E-state index contributed by atoms with van der Waals surface area (Å²) < 4.78 is 0. The second-order valence-corrected chi connectivity index (χ2v) is 3.26. The number of halogens is 1. The lowest BCUT2D eigenvalue weighted by Gasteiger charge is -2.12. The number of hydrogen-bond acceptors (Lipinski definition) is 1. The van der Waals surface area contributed by atoms with Crippen LogP contribution in [-0.2, 0) is 5.33 Å². The standard InChI is InChI=1S/C9H12BrN/c1-11(2)9-5-3-4-8(6-9)7-10/h3-6H,7H2,1-2H3. The maximum Gasteiger partial charge on any atom is 0.0364 e. The maximum absolute atomic E-state index is 3.42. The van der Waals surface area contributed by atoms with E-state index in [-0.39, 0.29) is 0 Å². The highest BCUT2D eigenvalue weighted by molar-refractivity contribution is 9.08. The monoisotopic (exact) mass is 213 g/mol. The molecule has 60 valence electrons. The molecule has 0 atom stereocenters. The summed E-state index contributed by atoms with van der Waals surface area (Å²) in [5.41, 5.74) is 2.57. The molecule has 0 heterocycles. The number of benzene rings is 1. The molecule has 0 bridgehead atoms. The summed E-state index contributed by atoms with van der Waals surface area (Å²) in [4.78, 5) is 2.10. The molecule has 2 heteroatoms. The predicted octanol–water partition coefficient (Wildman–Crippen LogP) is 2.65. The van der Waals surface area contributed by atoms with Crippen molar-refractivity contribution in [1.82, 2.24) is 0 Å². The van der Waals surface area contributed by atoms with Gasteiger partial charge in [-0.15, -0.1) is 0 Å². The van der Waals surface area contributed by atoms with Crippen LogP contribution in [0.5, 0.6) is 0 Å². The second kappa shape index (κ2) is 3.77. The Bertz CT molecular complexity index is 233. The van der Waals surface area contributed by atoms with Gasteiger partial charge in [0.2, 0.25) is 0 Å². The third-order valence-electron chi connectivity index (χ3n) is 1.58. The number of rotatable bonds is 2.